The van der Waals surface area contributed by atoms with E-state index in [9.17, 15) is 18.9 Å². The largest absolute Gasteiger partial charge is 0.572 e. The molecule has 0 spiro atoms. The molecule has 0 aromatic rings. The molecule has 0 N–H and O–H groups in total. The summed E-state index contributed by atoms with van der Waals surface area (Å²) in [6.07, 6.45) is 0.819. The van der Waals surface area contributed by atoms with E-state index in [1.807, 2.05) is 6.92 Å². The van der Waals surface area contributed by atoms with Gasteiger partial charge < -0.3 is 9.64 Å². The van der Waals surface area contributed by atoms with E-state index < -0.39 is 16.8 Å². The maximum atomic E-state index is 13.5. The zero-order valence-electron chi connectivity index (χ0n) is 11.3. The summed E-state index contributed by atoms with van der Waals surface area (Å²) in [5, 5.41) is 10.5. The molecule has 0 aliphatic carbocycles. The topological polar surface area (TPSA) is 68.0 Å². The van der Waals surface area contributed by atoms with Crippen molar-refractivity contribution >= 4 is 5.84 Å². The third-order valence-corrected chi connectivity index (χ3v) is 3.12. The maximum absolute atomic E-state index is 13.5. The zero-order chi connectivity index (χ0) is 14.6. The molecule has 1 heterocycles. The first-order valence-electron chi connectivity index (χ1n) is 6.19. The molecule has 1 rings (SSSR count). The van der Waals surface area contributed by atoms with E-state index in [4.69, 9.17) is 4.74 Å². The number of hydrogen-bond acceptors (Lipinski definition) is 4. The predicted octanol–water partition coefficient (Wildman–Crippen LogP) is 1.63. The Morgan fingerprint density at radius 2 is 2.26 bits per heavy atom. The molecule has 1 aliphatic rings. The van der Waals surface area contributed by atoms with Gasteiger partial charge in [-0.1, -0.05) is 0 Å². The van der Waals surface area contributed by atoms with E-state index in [1.165, 1.54) is 7.05 Å². The van der Waals surface area contributed by atoms with Gasteiger partial charge in [-0.05, 0) is 20.3 Å². The third kappa shape index (κ3) is 3.82. The van der Waals surface area contributed by atoms with Crippen LogP contribution in [0.25, 0.3) is 0 Å². The van der Waals surface area contributed by atoms with Crippen LogP contribution in [-0.4, -0.2) is 54.6 Å². The summed E-state index contributed by atoms with van der Waals surface area (Å²) in [5.74, 6) is -0.752. The lowest BCUT2D eigenvalue weighted by molar-refractivity contribution is -0.618. The molecule has 110 valence electrons. The third-order valence-electron chi connectivity index (χ3n) is 3.12. The second-order valence-corrected chi connectivity index (χ2v) is 4.72. The van der Waals surface area contributed by atoms with Gasteiger partial charge in [0.25, 0.3) is 5.84 Å². The Labute approximate surface area is 110 Å². The fourth-order valence-corrected chi connectivity index (χ4v) is 1.93. The minimum Gasteiger partial charge on any atom is -0.378 e. The molecular weight excluding hydrogens is 260 g/mol. The van der Waals surface area contributed by atoms with Crippen LogP contribution in [0.2, 0.25) is 0 Å². The van der Waals surface area contributed by atoms with Crippen LogP contribution in [0.5, 0.6) is 0 Å². The number of nitrogens with zero attached hydrogens (tertiary/aromatic N) is 3. The second-order valence-electron chi connectivity index (χ2n) is 4.72. The van der Waals surface area contributed by atoms with Crippen LogP contribution in [0, 0.1) is 16.0 Å². The standard InChI is InChI=1S/C11H19F2N3O3/c1-4-15(3)10(11(12,13)16(17)18)14-6-9-5-8(2)19-7-9/h8-9H,4-7H2,1-3H3. The highest BCUT2D eigenvalue weighted by Gasteiger charge is 2.52. The van der Waals surface area contributed by atoms with Crippen molar-refractivity contribution in [2.24, 2.45) is 10.9 Å². The van der Waals surface area contributed by atoms with Crippen LogP contribution in [0.3, 0.4) is 0 Å². The van der Waals surface area contributed by atoms with Crippen molar-refractivity contribution in [1.29, 1.82) is 0 Å². The van der Waals surface area contributed by atoms with Crippen LogP contribution < -0.4 is 0 Å². The lowest BCUT2D eigenvalue weighted by atomic mass is 10.1. The van der Waals surface area contributed by atoms with Gasteiger partial charge in [-0.2, -0.15) is 0 Å². The molecule has 1 aliphatic heterocycles. The Morgan fingerprint density at radius 3 is 2.68 bits per heavy atom. The summed E-state index contributed by atoms with van der Waals surface area (Å²) >= 11 is 0. The lowest BCUT2D eigenvalue weighted by Gasteiger charge is -2.21. The van der Waals surface area contributed by atoms with Gasteiger partial charge >= 0.3 is 6.05 Å². The fourth-order valence-electron chi connectivity index (χ4n) is 1.93. The summed E-state index contributed by atoms with van der Waals surface area (Å²) in [6.45, 7) is 4.33. The molecule has 2 unspecified atom stereocenters. The van der Waals surface area contributed by atoms with Crippen LogP contribution >= 0.6 is 0 Å². The van der Waals surface area contributed by atoms with Crippen LogP contribution in [0.1, 0.15) is 20.3 Å². The number of nitro groups is 1. The quantitative estimate of drug-likeness (QED) is 0.252. The number of hydrogen-bond donors (Lipinski definition) is 0. The van der Waals surface area contributed by atoms with Gasteiger partial charge in [0.2, 0.25) is 0 Å². The van der Waals surface area contributed by atoms with E-state index in [-0.39, 0.29) is 25.1 Å². The van der Waals surface area contributed by atoms with E-state index >= 15 is 0 Å². The van der Waals surface area contributed by atoms with E-state index in [1.54, 1.807) is 6.92 Å². The fraction of sp³-hybridized carbons (Fsp3) is 0.909. The molecule has 0 bridgehead atoms. The minimum absolute atomic E-state index is 0.0396. The molecule has 19 heavy (non-hydrogen) atoms. The van der Waals surface area contributed by atoms with Crippen molar-refractivity contribution in [3.05, 3.63) is 10.1 Å². The van der Waals surface area contributed by atoms with E-state index in [2.05, 4.69) is 4.99 Å². The molecule has 0 amide bonds. The molecule has 0 aromatic heterocycles. The number of rotatable bonds is 5. The average molecular weight is 279 g/mol. The van der Waals surface area contributed by atoms with Gasteiger partial charge in [-0.25, -0.2) is 0 Å². The normalized spacial score (nSPS) is 24.6. The summed E-state index contributed by atoms with van der Waals surface area (Å²) in [5.41, 5.74) is 0. The zero-order valence-corrected chi connectivity index (χ0v) is 11.3. The van der Waals surface area contributed by atoms with E-state index in [0.717, 1.165) is 11.3 Å². The molecule has 0 radical (unpaired) electrons. The highest BCUT2D eigenvalue weighted by molar-refractivity contribution is 5.87. The number of likely N-dealkylation sites (N-methyl/N-ethyl adjacent to an activating group) is 1. The Balaban J connectivity index is 2.82. The molecule has 1 fully saturated rings. The first kappa shape index (κ1) is 15.7. The molecule has 0 aromatic carbocycles. The van der Waals surface area contributed by atoms with Crippen molar-refractivity contribution < 1.29 is 18.4 Å². The van der Waals surface area contributed by atoms with Crippen molar-refractivity contribution in [1.82, 2.24) is 4.90 Å². The van der Waals surface area contributed by atoms with Crippen molar-refractivity contribution in [2.45, 2.75) is 32.4 Å². The second kappa shape index (κ2) is 6.23. The van der Waals surface area contributed by atoms with Crippen molar-refractivity contribution in [2.75, 3.05) is 26.7 Å². The highest BCUT2D eigenvalue weighted by Crippen LogP contribution is 2.22. The van der Waals surface area contributed by atoms with Gasteiger partial charge in [0.05, 0.1) is 12.7 Å². The van der Waals surface area contributed by atoms with Gasteiger partial charge in [-0.3, -0.25) is 15.1 Å². The Morgan fingerprint density at radius 1 is 1.63 bits per heavy atom. The smallest absolute Gasteiger partial charge is 0.378 e. The first-order chi connectivity index (χ1) is 8.78. The van der Waals surface area contributed by atoms with Gasteiger partial charge in [-0.15, -0.1) is 8.78 Å². The minimum atomic E-state index is -4.16. The average Bonchev–Trinajstić information content (AvgIpc) is 2.74. The number of ether oxygens (including phenoxy) is 1. The number of alkyl halides is 2. The summed E-state index contributed by atoms with van der Waals surface area (Å²) < 4.78 is 32.3. The molecule has 0 saturated carbocycles. The Kier molecular flexibility index (Phi) is 5.16. The number of amidine groups is 1. The molecule has 8 heteroatoms. The van der Waals surface area contributed by atoms with Crippen LogP contribution in [-0.2, 0) is 4.74 Å². The lowest BCUT2D eigenvalue weighted by Crippen LogP contribution is -2.47. The first-order valence-corrected chi connectivity index (χ1v) is 6.19. The number of halogens is 2. The highest BCUT2D eigenvalue weighted by atomic mass is 19.3. The van der Waals surface area contributed by atoms with Crippen molar-refractivity contribution in [3.63, 3.8) is 0 Å². The maximum Gasteiger partial charge on any atom is 0.572 e. The van der Waals surface area contributed by atoms with Gasteiger partial charge in [0, 0.05) is 26.1 Å². The van der Waals surface area contributed by atoms with Crippen LogP contribution in [0.4, 0.5) is 8.78 Å². The number of aliphatic imine (C=N–C) groups is 1. The summed E-state index contributed by atoms with van der Waals surface area (Å²) in [7, 11) is 1.37. The van der Waals surface area contributed by atoms with Crippen molar-refractivity contribution in [3.8, 4) is 0 Å². The SMILES string of the molecule is CCN(C)C(=NCC1COC(C)C1)C(F)(F)[N+](=O)[O-]. The van der Waals surface area contributed by atoms with Gasteiger partial charge in [0.15, 0.2) is 0 Å². The van der Waals surface area contributed by atoms with Crippen LogP contribution in [0.15, 0.2) is 4.99 Å². The van der Waals surface area contributed by atoms with E-state index in [0.29, 0.717) is 6.61 Å². The molecular formula is C11H19F2N3O3. The Hall–Kier alpha value is -1.31. The molecule has 6 nitrogen and oxygen atoms in total. The summed E-state index contributed by atoms with van der Waals surface area (Å²) in [4.78, 5) is 13.7. The monoisotopic (exact) mass is 279 g/mol. The molecule has 1 saturated heterocycles. The summed E-state index contributed by atoms with van der Waals surface area (Å²) in [6, 6.07) is -4.16. The van der Waals surface area contributed by atoms with Gasteiger partial charge in [0.1, 0.15) is 4.92 Å². The Bertz CT molecular complexity index is 363. The predicted molar refractivity (Wildman–Crippen MR) is 66.1 cm³/mol. The molecule has 2 atom stereocenters.